The molecule has 8 nitrogen and oxygen atoms in total. The Hall–Kier alpha value is -3.04. The lowest BCUT2D eigenvalue weighted by Crippen LogP contribution is -2.45. The molecule has 3 heterocycles. The van der Waals surface area contributed by atoms with E-state index in [0.717, 1.165) is 0 Å². The van der Waals surface area contributed by atoms with E-state index in [-0.39, 0.29) is 33.9 Å². The minimum atomic E-state index is -4.00. The van der Waals surface area contributed by atoms with E-state index in [1.807, 2.05) is 49.1 Å². The standard InChI is InChI=1S/C23H24N2O6S/c1-15-13-25(14-16(2)30-15)23-22(24-21(31-23)17-6-4-3-5-7-17)32(26,27)18-8-9-19-20(12-18)29-11-10-28-19/h3-9,12,15-16H,10-11,13-14H2,1-2H3. The van der Waals surface area contributed by atoms with Crippen LogP contribution in [0.4, 0.5) is 5.88 Å². The number of hydrogen-bond acceptors (Lipinski definition) is 8. The zero-order valence-electron chi connectivity index (χ0n) is 17.9. The van der Waals surface area contributed by atoms with Gasteiger partial charge in [-0.15, -0.1) is 0 Å². The Labute approximate surface area is 186 Å². The number of morpholine rings is 1. The number of ether oxygens (including phenoxy) is 3. The fourth-order valence-electron chi connectivity index (χ4n) is 4.02. The normalized spacial score (nSPS) is 20.9. The summed E-state index contributed by atoms with van der Waals surface area (Å²) in [5.41, 5.74) is 0.701. The first kappa shape index (κ1) is 20.8. The van der Waals surface area contributed by atoms with Gasteiger partial charge in [0.1, 0.15) is 13.2 Å². The molecule has 168 valence electrons. The number of sulfone groups is 1. The van der Waals surface area contributed by atoms with E-state index in [1.54, 1.807) is 6.07 Å². The average Bonchev–Trinajstić information content (AvgIpc) is 3.25. The number of hydrogen-bond donors (Lipinski definition) is 0. The van der Waals surface area contributed by atoms with Crippen molar-refractivity contribution >= 4 is 15.7 Å². The summed E-state index contributed by atoms with van der Waals surface area (Å²) in [6.45, 7) is 5.70. The van der Waals surface area contributed by atoms with Gasteiger partial charge in [-0.05, 0) is 38.1 Å². The maximum Gasteiger partial charge on any atom is 0.236 e. The highest BCUT2D eigenvalue weighted by Gasteiger charge is 2.35. The molecule has 2 aliphatic heterocycles. The molecule has 0 radical (unpaired) electrons. The zero-order chi connectivity index (χ0) is 22.3. The van der Waals surface area contributed by atoms with Crippen LogP contribution in [0.2, 0.25) is 0 Å². The van der Waals surface area contributed by atoms with Crippen LogP contribution >= 0.6 is 0 Å². The Morgan fingerprint density at radius 3 is 2.34 bits per heavy atom. The molecule has 0 saturated carbocycles. The second-order valence-electron chi connectivity index (χ2n) is 7.97. The molecule has 2 aliphatic rings. The van der Waals surface area contributed by atoms with Crippen molar-refractivity contribution < 1.29 is 27.0 Å². The molecule has 1 aromatic heterocycles. The smallest absolute Gasteiger partial charge is 0.236 e. The van der Waals surface area contributed by atoms with Gasteiger partial charge in [0.05, 0.1) is 17.1 Å². The number of rotatable bonds is 4. The molecule has 9 heteroatoms. The number of aromatic nitrogens is 1. The van der Waals surface area contributed by atoms with E-state index in [4.69, 9.17) is 18.6 Å². The molecule has 2 unspecified atom stereocenters. The Morgan fingerprint density at radius 2 is 1.62 bits per heavy atom. The summed E-state index contributed by atoms with van der Waals surface area (Å²) in [6.07, 6.45) is -0.150. The minimum Gasteiger partial charge on any atom is -0.486 e. The van der Waals surface area contributed by atoms with Crippen molar-refractivity contribution in [1.82, 2.24) is 4.98 Å². The van der Waals surface area contributed by atoms with Crippen LogP contribution in [0.25, 0.3) is 11.5 Å². The summed E-state index contributed by atoms with van der Waals surface area (Å²) in [5.74, 6) is 1.40. The molecule has 0 N–H and O–H groups in total. The lowest BCUT2D eigenvalue weighted by molar-refractivity contribution is -0.00657. The minimum absolute atomic E-state index is 0.0743. The fourth-order valence-corrected chi connectivity index (χ4v) is 5.36. The maximum absolute atomic E-state index is 13.7. The third-order valence-corrected chi connectivity index (χ3v) is 7.03. The number of nitrogens with zero attached hydrogens (tertiary/aromatic N) is 2. The summed E-state index contributed by atoms with van der Waals surface area (Å²) in [5, 5.41) is -0.116. The second-order valence-corrected chi connectivity index (χ2v) is 9.83. The lowest BCUT2D eigenvalue weighted by Gasteiger charge is -2.35. The summed E-state index contributed by atoms with van der Waals surface area (Å²) in [4.78, 5) is 6.42. The Balaban J connectivity index is 1.62. The van der Waals surface area contributed by atoms with Crippen LogP contribution in [0.15, 0.2) is 62.9 Å². The maximum atomic E-state index is 13.7. The molecule has 1 saturated heterocycles. The highest BCUT2D eigenvalue weighted by atomic mass is 32.2. The van der Waals surface area contributed by atoms with Gasteiger partial charge in [-0.3, -0.25) is 0 Å². The second kappa shape index (κ2) is 8.14. The van der Waals surface area contributed by atoms with Crippen molar-refractivity contribution in [2.24, 2.45) is 0 Å². The SMILES string of the molecule is CC1CN(c2oc(-c3ccccc3)nc2S(=O)(=O)c2ccc3c(c2)OCCO3)CC(C)O1. The van der Waals surface area contributed by atoms with Crippen LogP contribution in [0.1, 0.15) is 13.8 Å². The van der Waals surface area contributed by atoms with Gasteiger partial charge in [0.15, 0.2) is 11.5 Å². The molecular weight excluding hydrogens is 432 g/mol. The van der Waals surface area contributed by atoms with Gasteiger partial charge in [-0.2, -0.15) is 4.98 Å². The van der Waals surface area contributed by atoms with Gasteiger partial charge >= 0.3 is 0 Å². The quantitative estimate of drug-likeness (QED) is 0.589. The van der Waals surface area contributed by atoms with Crippen LogP contribution in [-0.2, 0) is 14.6 Å². The molecule has 0 amide bonds. The summed E-state index contributed by atoms with van der Waals surface area (Å²) in [7, 11) is -4.00. The number of fused-ring (bicyclic) bond motifs is 1. The number of anilines is 1. The Morgan fingerprint density at radius 1 is 0.938 bits per heavy atom. The van der Waals surface area contributed by atoms with Crippen LogP contribution < -0.4 is 14.4 Å². The van der Waals surface area contributed by atoms with E-state index in [9.17, 15) is 8.42 Å². The largest absolute Gasteiger partial charge is 0.486 e. The van der Waals surface area contributed by atoms with Crippen molar-refractivity contribution in [2.45, 2.75) is 36.0 Å². The van der Waals surface area contributed by atoms with E-state index in [1.165, 1.54) is 12.1 Å². The van der Waals surface area contributed by atoms with Gasteiger partial charge < -0.3 is 23.5 Å². The van der Waals surface area contributed by atoms with Crippen molar-refractivity contribution in [3.8, 4) is 23.0 Å². The monoisotopic (exact) mass is 456 g/mol. The first-order valence-electron chi connectivity index (χ1n) is 10.5. The van der Waals surface area contributed by atoms with Crippen LogP contribution in [0.5, 0.6) is 11.5 Å². The first-order chi connectivity index (χ1) is 15.4. The summed E-state index contributed by atoms with van der Waals surface area (Å²) in [6, 6.07) is 13.9. The van der Waals surface area contributed by atoms with Gasteiger partial charge in [0.2, 0.25) is 26.6 Å². The molecule has 3 aromatic rings. The molecule has 1 fully saturated rings. The van der Waals surface area contributed by atoms with Crippen LogP contribution in [-0.4, -0.2) is 51.9 Å². The molecule has 2 atom stereocenters. The van der Waals surface area contributed by atoms with Gasteiger partial charge in [-0.1, -0.05) is 18.2 Å². The average molecular weight is 457 g/mol. The highest BCUT2D eigenvalue weighted by Crippen LogP contribution is 2.38. The predicted molar refractivity (Wildman–Crippen MR) is 117 cm³/mol. The zero-order valence-corrected chi connectivity index (χ0v) is 18.7. The summed E-state index contributed by atoms with van der Waals surface area (Å²) >= 11 is 0. The van der Waals surface area contributed by atoms with Crippen LogP contribution in [0.3, 0.4) is 0 Å². The van der Waals surface area contributed by atoms with Crippen LogP contribution in [0, 0.1) is 0 Å². The molecule has 0 aliphatic carbocycles. The van der Waals surface area contributed by atoms with E-state index >= 15 is 0 Å². The third-order valence-electron chi connectivity index (χ3n) is 5.39. The highest BCUT2D eigenvalue weighted by molar-refractivity contribution is 7.91. The summed E-state index contributed by atoms with van der Waals surface area (Å²) < 4.78 is 50.4. The van der Waals surface area contributed by atoms with Gasteiger partial charge in [0.25, 0.3) is 0 Å². The Kier molecular flexibility index (Phi) is 5.30. The molecule has 0 spiro atoms. The van der Waals surface area contributed by atoms with Gasteiger partial charge in [0, 0.05) is 24.7 Å². The van der Waals surface area contributed by atoms with Crippen molar-refractivity contribution in [3.05, 3.63) is 48.5 Å². The lowest BCUT2D eigenvalue weighted by atomic mass is 10.2. The Bertz CT molecular complexity index is 1210. The fraction of sp³-hybridized carbons (Fsp3) is 0.348. The molecule has 2 aromatic carbocycles. The topological polar surface area (TPSA) is 91.1 Å². The van der Waals surface area contributed by atoms with E-state index < -0.39 is 9.84 Å². The van der Waals surface area contributed by atoms with E-state index in [0.29, 0.717) is 43.4 Å². The van der Waals surface area contributed by atoms with E-state index in [2.05, 4.69) is 4.98 Å². The van der Waals surface area contributed by atoms with Crippen molar-refractivity contribution in [2.75, 3.05) is 31.2 Å². The number of oxazole rings is 1. The predicted octanol–water partition coefficient (Wildman–Crippen LogP) is 3.56. The van der Waals surface area contributed by atoms with Gasteiger partial charge in [-0.25, -0.2) is 8.42 Å². The molecule has 5 rings (SSSR count). The van der Waals surface area contributed by atoms with Crippen molar-refractivity contribution in [3.63, 3.8) is 0 Å². The number of benzene rings is 2. The van der Waals surface area contributed by atoms with Crippen molar-refractivity contribution in [1.29, 1.82) is 0 Å². The third kappa shape index (κ3) is 3.82. The molecule has 0 bridgehead atoms. The first-order valence-corrected chi connectivity index (χ1v) is 12.0. The molecule has 32 heavy (non-hydrogen) atoms. The molecular formula is C23H24N2O6S.